The Morgan fingerprint density at radius 3 is 2.95 bits per heavy atom. The van der Waals surface area contributed by atoms with Crippen molar-refractivity contribution in [2.24, 2.45) is 0 Å². The van der Waals surface area contributed by atoms with E-state index in [1.165, 1.54) is 33.6 Å². The first-order valence-corrected chi connectivity index (χ1v) is 6.27. The number of benzene rings is 1. The van der Waals surface area contributed by atoms with Gasteiger partial charge in [0.05, 0.1) is 12.7 Å². The summed E-state index contributed by atoms with van der Waals surface area (Å²) < 4.78 is 16.3. The van der Waals surface area contributed by atoms with Gasteiger partial charge in [-0.2, -0.15) is 0 Å². The van der Waals surface area contributed by atoms with Crippen LogP contribution in [-0.2, 0) is 6.54 Å². The zero-order valence-corrected chi connectivity index (χ0v) is 11.2. The Labute approximate surface area is 115 Å². The lowest BCUT2D eigenvalue weighted by Crippen LogP contribution is -2.21. The van der Waals surface area contributed by atoms with Gasteiger partial charge in [-0.3, -0.25) is 4.98 Å². The summed E-state index contributed by atoms with van der Waals surface area (Å²) in [7, 11) is 0. The lowest BCUT2D eigenvalue weighted by Gasteiger charge is -2.03. The summed E-state index contributed by atoms with van der Waals surface area (Å²) in [4.78, 5) is 16.0. The monoisotopic (exact) mass is 322 g/mol. The van der Waals surface area contributed by atoms with Crippen LogP contribution in [0, 0.1) is 5.82 Å². The largest absolute Gasteiger partial charge is 0.350 e. The Bertz CT molecular complexity index is 811. The standard InChI is InChI=1S/C12H8BrFN4O/c13-10-5-9(14)2-1-8(10)7-18-12(19)17-4-3-15-6-11(17)16-18/h1-6H,7H2. The summed E-state index contributed by atoms with van der Waals surface area (Å²) >= 11 is 3.27. The maximum atomic E-state index is 13.0. The highest BCUT2D eigenvalue weighted by Gasteiger charge is 2.09. The lowest BCUT2D eigenvalue weighted by atomic mass is 10.2. The summed E-state index contributed by atoms with van der Waals surface area (Å²) in [5.41, 5.74) is 0.999. The summed E-state index contributed by atoms with van der Waals surface area (Å²) in [6, 6.07) is 4.33. The molecule has 5 nitrogen and oxygen atoms in total. The Morgan fingerprint density at radius 2 is 2.21 bits per heavy atom. The second-order valence-corrected chi connectivity index (χ2v) is 4.83. The quantitative estimate of drug-likeness (QED) is 0.723. The number of hydrogen-bond donors (Lipinski definition) is 0. The molecule has 1 aromatic carbocycles. The van der Waals surface area contributed by atoms with E-state index < -0.39 is 0 Å². The Morgan fingerprint density at radius 1 is 1.37 bits per heavy atom. The highest BCUT2D eigenvalue weighted by molar-refractivity contribution is 9.10. The molecule has 0 saturated carbocycles. The van der Waals surface area contributed by atoms with Crippen LogP contribution in [0.4, 0.5) is 4.39 Å². The Kier molecular flexibility index (Phi) is 2.90. The summed E-state index contributed by atoms with van der Waals surface area (Å²) in [6.45, 7) is 0.265. The van der Waals surface area contributed by atoms with Crippen LogP contribution in [0.15, 0.2) is 46.1 Å². The molecule has 0 aliphatic carbocycles. The van der Waals surface area contributed by atoms with Crippen LogP contribution in [0.1, 0.15) is 5.56 Å². The van der Waals surface area contributed by atoms with E-state index in [-0.39, 0.29) is 18.1 Å². The molecule has 0 radical (unpaired) electrons. The third kappa shape index (κ3) is 2.17. The van der Waals surface area contributed by atoms with Gasteiger partial charge in [-0.05, 0) is 17.7 Å². The van der Waals surface area contributed by atoms with Gasteiger partial charge in [0.2, 0.25) is 0 Å². The van der Waals surface area contributed by atoms with E-state index in [1.807, 2.05) is 0 Å². The molecular weight excluding hydrogens is 315 g/mol. The van der Waals surface area contributed by atoms with E-state index in [9.17, 15) is 9.18 Å². The number of halogens is 2. The van der Waals surface area contributed by atoms with Crippen molar-refractivity contribution in [2.75, 3.05) is 0 Å². The van der Waals surface area contributed by atoms with Gasteiger partial charge in [0.1, 0.15) is 5.82 Å². The molecule has 0 N–H and O–H groups in total. The highest BCUT2D eigenvalue weighted by atomic mass is 79.9. The summed E-state index contributed by atoms with van der Waals surface area (Å²) in [6.07, 6.45) is 4.59. The van der Waals surface area contributed by atoms with Crippen LogP contribution in [0.25, 0.3) is 5.65 Å². The van der Waals surface area contributed by atoms with Gasteiger partial charge in [-0.1, -0.05) is 22.0 Å². The van der Waals surface area contributed by atoms with Crippen LogP contribution in [0.3, 0.4) is 0 Å². The molecule has 7 heteroatoms. The van der Waals surface area contributed by atoms with Gasteiger partial charge in [0.15, 0.2) is 5.65 Å². The predicted octanol–water partition coefficient (Wildman–Crippen LogP) is 1.84. The van der Waals surface area contributed by atoms with Crippen LogP contribution < -0.4 is 5.69 Å². The zero-order chi connectivity index (χ0) is 13.4. The van der Waals surface area contributed by atoms with Crippen molar-refractivity contribution in [1.29, 1.82) is 0 Å². The van der Waals surface area contributed by atoms with Crippen molar-refractivity contribution in [2.45, 2.75) is 6.54 Å². The number of fused-ring (bicyclic) bond motifs is 1. The van der Waals surface area contributed by atoms with Crippen LogP contribution in [-0.4, -0.2) is 19.2 Å². The van der Waals surface area contributed by atoms with Crippen molar-refractivity contribution < 1.29 is 4.39 Å². The van der Waals surface area contributed by atoms with E-state index in [1.54, 1.807) is 12.3 Å². The van der Waals surface area contributed by atoms with Gasteiger partial charge in [-0.15, -0.1) is 5.10 Å². The number of rotatable bonds is 2. The van der Waals surface area contributed by atoms with Gasteiger partial charge >= 0.3 is 5.69 Å². The summed E-state index contributed by atoms with van der Waals surface area (Å²) in [5.74, 6) is -0.331. The topological polar surface area (TPSA) is 52.2 Å². The third-order valence-electron chi connectivity index (χ3n) is 2.72. The second kappa shape index (κ2) is 4.58. The van der Waals surface area contributed by atoms with E-state index in [0.717, 1.165) is 5.56 Å². The average Bonchev–Trinajstić information content (AvgIpc) is 2.70. The fraction of sp³-hybridized carbons (Fsp3) is 0.0833. The van der Waals surface area contributed by atoms with E-state index in [0.29, 0.717) is 10.1 Å². The molecule has 96 valence electrons. The molecule has 2 aromatic heterocycles. The fourth-order valence-corrected chi connectivity index (χ4v) is 2.27. The van der Waals surface area contributed by atoms with Crippen LogP contribution >= 0.6 is 15.9 Å². The second-order valence-electron chi connectivity index (χ2n) is 3.98. The minimum Gasteiger partial charge on any atom is -0.259 e. The highest BCUT2D eigenvalue weighted by Crippen LogP contribution is 2.18. The van der Waals surface area contributed by atoms with E-state index >= 15 is 0 Å². The number of nitrogens with zero attached hydrogens (tertiary/aromatic N) is 4. The molecule has 3 aromatic rings. The molecule has 0 fully saturated rings. The van der Waals surface area contributed by atoms with Crippen molar-refractivity contribution in [3.63, 3.8) is 0 Å². The molecule has 3 rings (SSSR count). The van der Waals surface area contributed by atoms with Gasteiger partial charge < -0.3 is 0 Å². The molecule has 2 heterocycles. The zero-order valence-electron chi connectivity index (χ0n) is 9.62. The van der Waals surface area contributed by atoms with Crippen LogP contribution in [0.2, 0.25) is 0 Å². The van der Waals surface area contributed by atoms with Gasteiger partial charge in [-0.25, -0.2) is 18.3 Å². The maximum Gasteiger partial charge on any atom is 0.350 e. The predicted molar refractivity (Wildman–Crippen MR) is 70.4 cm³/mol. The molecule has 0 atom stereocenters. The molecule has 0 aliphatic heterocycles. The van der Waals surface area contributed by atoms with E-state index in [4.69, 9.17) is 0 Å². The molecule has 0 amide bonds. The van der Waals surface area contributed by atoms with Crippen molar-refractivity contribution in [3.05, 3.63) is 63.1 Å². The fourth-order valence-electron chi connectivity index (χ4n) is 1.79. The lowest BCUT2D eigenvalue weighted by molar-refractivity contribution is 0.620. The Hall–Kier alpha value is -2.02. The molecule has 0 saturated heterocycles. The van der Waals surface area contributed by atoms with Crippen molar-refractivity contribution in [1.82, 2.24) is 19.2 Å². The maximum absolute atomic E-state index is 13.0. The first-order chi connectivity index (χ1) is 9.15. The number of aromatic nitrogens is 4. The van der Waals surface area contributed by atoms with Gasteiger partial charge in [0, 0.05) is 16.9 Å². The molecule has 19 heavy (non-hydrogen) atoms. The SMILES string of the molecule is O=c1n(Cc2ccc(F)cc2Br)nc2cnccn12. The van der Waals surface area contributed by atoms with Gasteiger partial charge in [0.25, 0.3) is 0 Å². The molecule has 0 unspecified atom stereocenters. The molecule has 0 bridgehead atoms. The van der Waals surface area contributed by atoms with Crippen molar-refractivity contribution >= 4 is 21.6 Å². The first-order valence-electron chi connectivity index (χ1n) is 5.48. The smallest absolute Gasteiger partial charge is 0.259 e. The minimum atomic E-state index is -0.331. The third-order valence-corrected chi connectivity index (χ3v) is 3.46. The first kappa shape index (κ1) is 12.0. The summed E-state index contributed by atoms with van der Waals surface area (Å²) in [5, 5.41) is 4.16. The van der Waals surface area contributed by atoms with Crippen molar-refractivity contribution in [3.8, 4) is 0 Å². The van der Waals surface area contributed by atoms with Crippen LogP contribution in [0.5, 0.6) is 0 Å². The van der Waals surface area contributed by atoms with E-state index in [2.05, 4.69) is 26.0 Å². The molecule has 0 aliphatic rings. The molecule has 0 spiro atoms. The average molecular weight is 323 g/mol. The minimum absolute atomic E-state index is 0.256. The Balaban J connectivity index is 2.06. The number of hydrogen-bond acceptors (Lipinski definition) is 3. The normalized spacial score (nSPS) is 11.1. The molecular formula is C12H8BrFN4O.